The summed E-state index contributed by atoms with van der Waals surface area (Å²) in [4.78, 5) is 0. The molecule has 0 unspecified atom stereocenters. The van der Waals surface area contributed by atoms with Gasteiger partial charge in [0.2, 0.25) is 0 Å². The van der Waals surface area contributed by atoms with Crippen LogP contribution in [0, 0.1) is 11.8 Å². The summed E-state index contributed by atoms with van der Waals surface area (Å²) in [6.07, 6.45) is 1.33. The predicted molar refractivity (Wildman–Crippen MR) is 70.1 cm³/mol. The van der Waals surface area contributed by atoms with Gasteiger partial charge in [-0.2, -0.15) is 13.2 Å². The smallest absolute Gasteiger partial charge is 0.207 e. The average molecular weight is 305 g/mol. The van der Waals surface area contributed by atoms with Gasteiger partial charge in [-0.05, 0) is 25.0 Å². The van der Waals surface area contributed by atoms with Crippen LogP contribution in [0.25, 0.3) is 0 Å². The highest BCUT2D eigenvalue weighted by atomic mass is 32.2. The van der Waals surface area contributed by atoms with Crippen molar-refractivity contribution >= 4 is 10.0 Å². The Hall–Kier alpha value is -1.52. The molecule has 0 heterocycles. The lowest BCUT2D eigenvalue weighted by molar-refractivity contribution is -0.0447. The van der Waals surface area contributed by atoms with Crippen LogP contribution in [0.5, 0.6) is 0 Å². The Balaban J connectivity index is 2.23. The van der Waals surface area contributed by atoms with Gasteiger partial charge in [0.05, 0.1) is 0 Å². The van der Waals surface area contributed by atoms with Crippen LogP contribution in [-0.4, -0.2) is 20.5 Å². The van der Waals surface area contributed by atoms with E-state index < -0.39 is 15.5 Å². The Morgan fingerprint density at radius 2 is 1.75 bits per heavy atom. The third-order valence-electron chi connectivity index (χ3n) is 2.33. The first-order valence-corrected chi connectivity index (χ1v) is 7.41. The molecule has 1 N–H and O–H groups in total. The van der Waals surface area contributed by atoms with Crippen molar-refractivity contribution in [1.82, 2.24) is 4.72 Å². The number of hydrogen-bond acceptors (Lipinski definition) is 2. The van der Waals surface area contributed by atoms with E-state index in [0.717, 1.165) is 5.56 Å². The SMILES string of the molecule is O=S(=O)(NCCCCC#Cc1ccccc1)C(F)(F)F. The summed E-state index contributed by atoms with van der Waals surface area (Å²) in [7, 11) is -5.22. The largest absolute Gasteiger partial charge is 0.511 e. The standard InChI is InChI=1S/C13H14F3NO2S/c14-13(15,16)20(18,19)17-11-7-2-1-4-8-12-9-5-3-6-10-12/h3,5-6,9-10,17H,1-2,7,11H2. The van der Waals surface area contributed by atoms with Gasteiger partial charge in [-0.3, -0.25) is 0 Å². The van der Waals surface area contributed by atoms with E-state index in [1.165, 1.54) is 4.72 Å². The molecule has 0 atom stereocenters. The maximum absolute atomic E-state index is 12.0. The van der Waals surface area contributed by atoms with Gasteiger partial charge in [0.1, 0.15) is 0 Å². The maximum Gasteiger partial charge on any atom is 0.511 e. The van der Waals surface area contributed by atoms with Crippen LogP contribution < -0.4 is 4.72 Å². The molecule has 7 heteroatoms. The van der Waals surface area contributed by atoms with E-state index >= 15 is 0 Å². The van der Waals surface area contributed by atoms with Crippen molar-refractivity contribution in [3.8, 4) is 11.8 Å². The summed E-state index contributed by atoms with van der Waals surface area (Å²) in [6, 6.07) is 9.29. The van der Waals surface area contributed by atoms with Crippen LogP contribution in [0.1, 0.15) is 24.8 Å². The number of benzene rings is 1. The zero-order valence-electron chi connectivity index (χ0n) is 10.6. The predicted octanol–water partition coefficient (Wildman–Crippen LogP) is 2.65. The van der Waals surface area contributed by atoms with Crippen LogP contribution >= 0.6 is 0 Å². The third-order valence-corrected chi connectivity index (χ3v) is 3.53. The fourth-order valence-corrected chi connectivity index (χ4v) is 1.89. The first-order chi connectivity index (χ1) is 9.33. The highest BCUT2D eigenvalue weighted by Gasteiger charge is 2.45. The molecular formula is C13H14F3NO2S. The molecule has 0 aliphatic carbocycles. The van der Waals surface area contributed by atoms with Gasteiger partial charge in [0.15, 0.2) is 0 Å². The summed E-state index contributed by atoms with van der Waals surface area (Å²) in [6.45, 7) is -0.241. The number of hydrogen-bond donors (Lipinski definition) is 1. The van der Waals surface area contributed by atoms with Crippen molar-refractivity contribution in [2.24, 2.45) is 0 Å². The zero-order valence-corrected chi connectivity index (χ0v) is 11.4. The van der Waals surface area contributed by atoms with Gasteiger partial charge in [-0.1, -0.05) is 30.0 Å². The van der Waals surface area contributed by atoms with E-state index in [0.29, 0.717) is 19.3 Å². The van der Waals surface area contributed by atoms with Crippen LogP contribution in [0.15, 0.2) is 30.3 Å². The summed E-state index contributed by atoms with van der Waals surface area (Å²) in [5, 5.41) is 0. The van der Waals surface area contributed by atoms with Crippen LogP contribution in [0.2, 0.25) is 0 Å². The summed E-state index contributed by atoms with van der Waals surface area (Å²) in [5.41, 5.74) is -4.38. The normalized spacial score (nSPS) is 11.8. The van der Waals surface area contributed by atoms with Crippen molar-refractivity contribution in [3.05, 3.63) is 35.9 Å². The number of halogens is 3. The topological polar surface area (TPSA) is 46.2 Å². The highest BCUT2D eigenvalue weighted by molar-refractivity contribution is 7.90. The molecule has 0 fully saturated rings. The molecule has 1 aromatic rings. The Bertz CT molecular complexity index is 571. The number of unbranched alkanes of at least 4 members (excludes halogenated alkanes) is 2. The minimum Gasteiger partial charge on any atom is -0.207 e. The van der Waals surface area contributed by atoms with E-state index in [1.54, 1.807) is 0 Å². The minimum atomic E-state index is -5.25. The van der Waals surface area contributed by atoms with E-state index in [2.05, 4.69) is 11.8 Å². The first-order valence-electron chi connectivity index (χ1n) is 5.93. The quantitative estimate of drug-likeness (QED) is 0.671. The summed E-state index contributed by atoms with van der Waals surface area (Å²) in [5.74, 6) is 5.79. The fourth-order valence-electron chi connectivity index (χ4n) is 1.31. The molecule has 110 valence electrons. The van der Waals surface area contributed by atoms with E-state index in [9.17, 15) is 21.6 Å². The molecule has 3 nitrogen and oxygen atoms in total. The molecule has 1 aromatic carbocycles. The van der Waals surface area contributed by atoms with Crippen molar-refractivity contribution in [2.75, 3.05) is 6.54 Å². The van der Waals surface area contributed by atoms with E-state index in [4.69, 9.17) is 0 Å². The van der Waals surface area contributed by atoms with Gasteiger partial charge in [0, 0.05) is 18.5 Å². The van der Waals surface area contributed by atoms with Crippen molar-refractivity contribution in [2.45, 2.75) is 24.8 Å². The molecule has 1 rings (SSSR count). The van der Waals surface area contributed by atoms with Gasteiger partial charge in [-0.15, -0.1) is 0 Å². The lowest BCUT2D eigenvalue weighted by Gasteiger charge is -2.08. The average Bonchev–Trinajstić information content (AvgIpc) is 2.37. The van der Waals surface area contributed by atoms with Gasteiger partial charge < -0.3 is 0 Å². The van der Waals surface area contributed by atoms with Crippen LogP contribution in [0.3, 0.4) is 0 Å². The monoisotopic (exact) mass is 305 g/mol. The Labute approximate surface area is 116 Å². The van der Waals surface area contributed by atoms with Crippen molar-refractivity contribution < 1.29 is 21.6 Å². The van der Waals surface area contributed by atoms with Crippen molar-refractivity contribution in [3.63, 3.8) is 0 Å². The second-order valence-electron chi connectivity index (χ2n) is 3.97. The van der Waals surface area contributed by atoms with Crippen LogP contribution in [0.4, 0.5) is 13.2 Å². The Morgan fingerprint density at radius 1 is 1.10 bits per heavy atom. The van der Waals surface area contributed by atoms with Gasteiger partial charge in [-0.25, -0.2) is 13.1 Å². The highest BCUT2D eigenvalue weighted by Crippen LogP contribution is 2.21. The summed E-state index contributed by atoms with van der Waals surface area (Å²) >= 11 is 0. The van der Waals surface area contributed by atoms with Gasteiger partial charge >= 0.3 is 15.5 Å². The van der Waals surface area contributed by atoms with Gasteiger partial charge in [0.25, 0.3) is 0 Å². The lowest BCUT2D eigenvalue weighted by atomic mass is 10.2. The molecule has 20 heavy (non-hydrogen) atoms. The second-order valence-corrected chi connectivity index (χ2v) is 5.73. The molecule has 0 saturated heterocycles. The molecular weight excluding hydrogens is 291 g/mol. The second kappa shape index (κ2) is 7.31. The van der Waals surface area contributed by atoms with Crippen molar-refractivity contribution in [1.29, 1.82) is 0 Å². The molecule has 0 amide bonds. The minimum absolute atomic E-state index is 0.241. The molecule has 0 bridgehead atoms. The number of rotatable bonds is 5. The molecule has 0 aliphatic rings. The van der Waals surface area contributed by atoms with E-state index in [1.807, 2.05) is 30.3 Å². The maximum atomic E-state index is 12.0. The number of alkyl halides is 3. The molecule has 0 aromatic heterocycles. The lowest BCUT2D eigenvalue weighted by Crippen LogP contribution is -2.36. The molecule has 0 saturated carbocycles. The number of nitrogens with one attached hydrogen (secondary N) is 1. The molecule has 0 spiro atoms. The Morgan fingerprint density at radius 3 is 2.35 bits per heavy atom. The summed E-state index contributed by atoms with van der Waals surface area (Å²) < 4.78 is 58.8. The third kappa shape index (κ3) is 5.63. The zero-order chi connectivity index (χ0) is 15.1. The molecule has 0 aliphatic heterocycles. The molecule has 0 radical (unpaired) electrons. The van der Waals surface area contributed by atoms with E-state index in [-0.39, 0.29) is 6.54 Å². The Kier molecular flexibility index (Phi) is 6.05. The first kappa shape index (κ1) is 16.5. The van der Waals surface area contributed by atoms with Crippen LogP contribution in [-0.2, 0) is 10.0 Å². The number of sulfonamides is 1. The fraction of sp³-hybridized carbons (Fsp3) is 0.385.